The molecule has 0 unspecified atom stereocenters. The number of hydrogen-bond acceptors (Lipinski definition) is 4. The highest BCUT2D eigenvalue weighted by Gasteiger charge is 2.39. The average molecular weight is 396 g/mol. The molecule has 0 bridgehead atoms. The number of rotatable bonds is 7. The molecular weight excluding hydrogens is 358 g/mol. The first-order valence-corrected chi connectivity index (χ1v) is 10.8. The molecule has 0 aromatic heterocycles. The molecule has 1 spiro atoms. The number of hydrogen-bond donors (Lipinski definition) is 1. The number of nitrogens with one attached hydrogen (secondary N) is 1. The van der Waals surface area contributed by atoms with Crippen molar-refractivity contribution >= 4 is 17.9 Å². The van der Waals surface area contributed by atoms with Crippen LogP contribution < -0.4 is 5.32 Å². The Morgan fingerprint density at radius 2 is 1.43 bits per heavy atom. The van der Waals surface area contributed by atoms with Gasteiger partial charge in [0.05, 0.1) is 6.61 Å². The van der Waals surface area contributed by atoms with Gasteiger partial charge in [-0.15, -0.1) is 0 Å². The van der Waals surface area contributed by atoms with Gasteiger partial charge < -0.3 is 19.9 Å². The second-order valence-corrected chi connectivity index (χ2v) is 8.59. The fourth-order valence-corrected chi connectivity index (χ4v) is 4.14. The molecule has 2 rings (SSSR count). The Morgan fingerprint density at radius 3 is 1.89 bits per heavy atom. The molecule has 28 heavy (non-hydrogen) atoms. The second-order valence-electron chi connectivity index (χ2n) is 8.59. The minimum Gasteiger partial charge on any atom is -0.450 e. The third kappa shape index (κ3) is 6.67. The summed E-state index contributed by atoms with van der Waals surface area (Å²) < 4.78 is 4.79. The molecule has 2 heterocycles. The van der Waals surface area contributed by atoms with E-state index in [1.54, 1.807) is 6.92 Å². The molecule has 2 aliphatic heterocycles. The van der Waals surface area contributed by atoms with E-state index in [0.717, 1.165) is 58.3 Å². The second kappa shape index (κ2) is 10.7. The number of carbonyl (C=O) groups excluding carboxylic acids is 3. The summed E-state index contributed by atoms with van der Waals surface area (Å²) in [6, 6.07) is 0. The largest absolute Gasteiger partial charge is 0.450 e. The molecule has 2 fully saturated rings. The highest BCUT2D eigenvalue weighted by Crippen LogP contribution is 2.41. The van der Waals surface area contributed by atoms with Gasteiger partial charge >= 0.3 is 6.09 Å². The van der Waals surface area contributed by atoms with E-state index in [-0.39, 0.29) is 11.3 Å². The Balaban J connectivity index is 1.68. The van der Waals surface area contributed by atoms with Gasteiger partial charge in [-0.05, 0) is 50.4 Å². The molecule has 0 aliphatic carbocycles. The van der Waals surface area contributed by atoms with Crippen molar-refractivity contribution in [1.29, 1.82) is 0 Å². The predicted octanol–water partition coefficient (Wildman–Crippen LogP) is 2.79. The van der Waals surface area contributed by atoms with Gasteiger partial charge in [0.15, 0.2) is 0 Å². The number of nitrogens with zero attached hydrogens (tertiary/aromatic N) is 2. The molecule has 0 radical (unpaired) electrons. The summed E-state index contributed by atoms with van der Waals surface area (Å²) in [5.74, 6) is 0.952. The van der Waals surface area contributed by atoms with Crippen LogP contribution in [-0.2, 0) is 14.3 Å². The molecule has 0 saturated carbocycles. The van der Waals surface area contributed by atoms with E-state index < -0.39 is 6.09 Å². The van der Waals surface area contributed by atoms with Crippen molar-refractivity contribution in [2.45, 2.75) is 65.7 Å². The quantitative estimate of drug-likeness (QED) is 0.719. The first-order valence-electron chi connectivity index (χ1n) is 10.8. The van der Waals surface area contributed by atoms with Crippen molar-refractivity contribution < 1.29 is 19.1 Å². The fourth-order valence-electron chi connectivity index (χ4n) is 4.14. The summed E-state index contributed by atoms with van der Waals surface area (Å²) in [7, 11) is 0. The van der Waals surface area contributed by atoms with E-state index in [1.807, 2.05) is 9.80 Å². The van der Waals surface area contributed by atoms with Crippen LogP contribution in [0.15, 0.2) is 0 Å². The maximum Gasteiger partial charge on any atom is 0.407 e. The van der Waals surface area contributed by atoms with E-state index in [4.69, 9.17) is 4.74 Å². The minimum absolute atomic E-state index is 0.0907. The van der Waals surface area contributed by atoms with Gasteiger partial charge in [-0.25, -0.2) is 4.79 Å². The molecule has 3 amide bonds. The number of piperidine rings is 2. The molecule has 0 aromatic rings. The molecule has 1 N–H and O–H groups in total. The van der Waals surface area contributed by atoms with Crippen LogP contribution in [0.25, 0.3) is 0 Å². The highest BCUT2D eigenvalue weighted by molar-refractivity contribution is 5.77. The molecule has 7 heteroatoms. The van der Waals surface area contributed by atoms with Crippen LogP contribution in [0.4, 0.5) is 4.79 Å². The highest BCUT2D eigenvalue weighted by atomic mass is 16.5. The van der Waals surface area contributed by atoms with Crippen LogP contribution >= 0.6 is 0 Å². The van der Waals surface area contributed by atoms with Crippen molar-refractivity contribution in [1.82, 2.24) is 15.1 Å². The van der Waals surface area contributed by atoms with E-state index in [1.165, 1.54) is 0 Å². The summed E-state index contributed by atoms with van der Waals surface area (Å²) in [6.07, 6.45) is 5.58. The zero-order chi connectivity index (χ0) is 20.6. The zero-order valence-electron chi connectivity index (χ0n) is 17.8. The Kier molecular flexibility index (Phi) is 8.58. The fraction of sp³-hybridized carbons (Fsp3) is 0.857. The first kappa shape index (κ1) is 22.5. The van der Waals surface area contributed by atoms with Gasteiger partial charge in [-0.3, -0.25) is 9.59 Å². The third-order valence-electron chi connectivity index (χ3n) is 6.17. The summed E-state index contributed by atoms with van der Waals surface area (Å²) in [5, 5.41) is 2.60. The summed E-state index contributed by atoms with van der Waals surface area (Å²) in [4.78, 5) is 39.9. The maximum absolute atomic E-state index is 12.4. The molecular formula is C21H37N3O4. The van der Waals surface area contributed by atoms with Crippen LogP contribution in [0.1, 0.15) is 65.7 Å². The van der Waals surface area contributed by atoms with Crippen LogP contribution in [0.2, 0.25) is 0 Å². The lowest BCUT2D eigenvalue weighted by molar-refractivity contribution is -0.136. The lowest BCUT2D eigenvalue weighted by atomic mass is 9.71. The van der Waals surface area contributed by atoms with Crippen molar-refractivity contribution in [3.8, 4) is 0 Å². The molecule has 2 aliphatic rings. The SMILES string of the molecule is CCOC(=O)NCCC(=O)N1CCC2(CC1)CCN(C(=O)CCC(C)C)CC2. The lowest BCUT2D eigenvalue weighted by Gasteiger charge is -2.47. The number of carbonyl (C=O) groups is 3. The van der Waals surface area contributed by atoms with Crippen molar-refractivity contribution in [3.63, 3.8) is 0 Å². The normalized spacial score (nSPS) is 19.0. The Morgan fingerprint density at radius 1 is 0.929 bits per heavy atom. The number of alkyl carbamates (subject to hydrolysis) is 1. The van der Waals surface area contributed by atoms with E-state index in [2.05, 4.69) is 19.2 Å². The molecule has 0 atom stereocenters. The predicted molar refractivity (Wildman–Crippen MR) is 108 cm³/mol. The number of likely N-dealkylation sites (tertiary alicyclic amines) is 2. The Bertz CT molecular complexity index is 532. The van der Waals surface area contributed by atoms with E-state index >= 15 is 0 Å². The van der Waals surface area contributed by atoms with E-state index in [9.17, 15) is 14.4 Å². The monoisotopic (exact) mass is 395 g/mol. The average Bonchev–Trinajstić information content (AvgIpc) is 2.67. The summed E-state index contributed by atoms with van der Waals surface area (Å²) in [6.45, 7) is 9.96. The topological polar surface area (TPSA) is 79.0 Å². The molecule has 2 saturated heterocycles. The minimum atomic E-state index is -0.470. The Labute approximate surface area is 169 Å². The maximum atomic E-state index is 12.4. The smallest absolute Gasteiger partial charge is 0.407 e. The summed E-state index contributed by atoms with van der Waals surface area (Å²) in [5.41, 5.74) is 0.286. The van der Waals surface area contributed by atoms with Gasteiger partial charge in [0.1, 0.15) is 0 Å². The standard InChI is InChI=1S/C21H37N3O4/c1-4-28-20(27)22-12-7-19(26)24-15-10-21(11-16-24)8-13-23(14-9-21)18(25)6-5-17(2)3/h17H,4-16H2,1-3H3,(H,22,27). The van der Waals surface area contributed by atoms with Gasteiger partial charge in [0.2, 0.25) is 11.8 Å². The van der Waals surface area contributed by atoms with Gasteiger partial charge in [0.25, 0.3) is 0 Å². The molecule has 160 valence electrons. The molecule has 7 nitrogen and oxygen atoms in total. The zero-order valence-corrected chi connectivity index (χ0v) is 17.8. The van der Waals surface area contributed by atoms with Crippen LogP contribution in [0.5, 0.6) is 0 Å². The van der Waals surface area contributed by atoms with Crippen LogP contribution in [0.3, 0.4) is 0 Å². The van der Waals surface area contributed by atoms with Crippen molar-refractivity contribution in [2.75, 3.05) is 39.3 Å². The van der Waals surface area contributed by atoms with Crippen LogP contribution in [0, 0.1) is 11.3 Å². The lowest BCUT2D eigenvalue weighted by Crippen LogP contribution is -2.49. The van der Waals surface area contributed by atoms with Gasteiger partial charge in [-0.2, -0.15) is 0 Å². The number of amides is 3. The van der Waals surface area contributed by atoms with Gasteiger partial charge in [-0.1, -0.05) is 13.8 Å². The molecule has 0 aromatic carbocycles. The third-order valence-corrected chi connectivity index (χ3v) is 6.17. The number of ether oxygens (including phenoxy) is 1. The van der Waals surface area contributed by atoms with Crippen molar-refractivity contribution in [3.05, 3.63) is 0 Å². The van der Waals surface area contributed by atoms with Crippen molar-refractivity contribution in [2.24, 2.45) is 11.3 Å². The van der Waals surface area contributed by atoms with Gasteiger partial charge in [0, 0.05) is 45.6 Å². The first-order chi connectivity index (χ1) is 13.3. The van der Waals surface area contributed by atoms with E-state index in [0.29, 0.717) is 37.8 Å². The van der Waals surface area contributed by atoms with Crippen LogP contribution in [-0.4, -0.2) is 67.0 Å². The Hall–Kier alpha value is -1.79. The summed E-state index contributed by atoms with van der Waals surface area (Å²) >= 11 is 0.